The Balaban J connectivity index is 0.000000584. The second-order valence-electron chi connectivity index (χ2n) is 10.4. The predicted molar refractivity (Wildman–Crippen MR) is 126 cm³/mol. The summed E-state index contributed by atoms with van der Waals surface area (Å²) in [6.07, 6.45) is -1.76. The zero-order chi connectivity index (χ0) is 28.5. The molecule has 0 saturated heterocycles. The number of fused-ring (bicyclic) bond motifs is 2. The van der Waals surface area contributed by atoms with Gasteiger partial charge in [0.25, 0.3) is 0 Å². The molecule has 0 N–H and O–H groups in total. The van der Waals surface area contributed by atoms with Crippen LogP contribution in [0.4, 0.5) is 26.3 Å². The first-order chi connectivity index (χ1) is 16.4. The van der Waals surface area contributed by atoms with Gasteiger partial charge in [-0.3, -0.25) is 9.59 Å². The molecule has 36 heavy (non-hydrogen) atoms. The molecule has 0 aromatic rings. The minimum atomic E-state index is -5.24. The molecule has 3 rings (SSSR count). The molecular formula is C26H44F6O4. The summed E-state index contributed by atoms with van der Waals surface area (Å²) >= 11 is 0. The van der Waals surface area contributed by atoms with E-state index in [2.05, 4.69) is 18.6 Å². The van der Waals surface area contributed by atoms with Crippen LogP contribution in [0.5, 0.6) is 0 Å². The molecule has 10 heteroatoms. The summed E-state index contributed by atoms with van der Waals surface area (Å²) in [7, 11) is 1.35. The molecule has 214 valence electrons. The normalized spacial score (nSPS) is 29.4. The number of rotatable bonds is 2. The van der Waals surface area contributed by atoms with Gasteiger partial charge in [0.2, 0.25) is 0 Å². The van der Waals surface area contributed by atoms with E-state index < -0.39 is 17.8 Å². The summed E-state index contributed by atoms with van der Waals surface area (Å²) < 4.78 is 79.6. The SMILES string of the molecule is CC.CC(C)(C(F)(F)F)C(F)(F)F.CC1CCC(OC(=O)C2C3CCC(C3)C2C)CC1.COC(C)=O. The molecule has 0 amide bonds. The first-order valence-electron chi connectivity index (χ1n) is 12.8. The maximum Gasteiger partial charge on any atom is 0.402 e. The third-order valence-electron chi connectivity index (χ3n) is 7.55. The molecule has 0 aromatic carbocycles. The van der Waals surface area contributed by atoms with Crippen molar-refractivity contribution >= 4 is 11.9 Å². The Kier molecular flexibility index (Phi) is 13.9. The fourth-order valence-corrected chi connectivity index (χ4v) is 4.74. The van der Waals surface area contributed by atoms with Gasteiger partial charge in [-0.15, -0.1) is 0 Å². The maximum atomic E-state index is 12.4. The third-order valence-corrected chi connectivity index (χ3v) is 7.55. The summed E-state index contributed by atoms with van der Waals surface area (Å²) in [5, 5.41) is 0. The van der Waals surface area contributed by atoms with Gasteiger partial charge in [0.05, 0.1) is 13.0 Å². The van der Waals surface area contributed by atoms with Gasteiger partial charge in [-0.25, -0.2) is 0 Å². The second kappa shape index (κ2) is 14.5. The first kappa shape index (κ1) is 34.5. The largest absolute Gasteiger partial charge is 0.469 e. The van der Waals surface area contributed by atoms with Crippen LogP contribution in [0.1, 0.15) is 93.4 Å². The van der Waals surface area contributed by atoms with E-state index in [1.807, 2.05) is 13.8 Å². The van der Waals surface area contributed by atoms with Crippen LogP contribution in [-0.2, 0) is 19.1 Å². The van der Waals surface area contributed by atoms with E-state index in [0.717, 1.165) is 24.7 Å². The van der Waals surface area contributed by atoms with E-state index in [4.69, 9.17) is 4.74 Å². The lowest BCUT2D eigenvalue weighted by molar-refractivity contribution is -0.327. The smallest absolute Gasteiger partial charge is 0.402 e. The van der Waals surface area contributed by atoms with Crippen LogP contribution in [0.2, 0.25) is 0 Å². The van der Waals surface area contributed by atoms with Gasteiger partial charge in [0.1, 0.15) is 6.10 Å². The van der Waals surface area contributed by atoms with Gasteiger partial charge >= 0.3 is 24.3 Å². The highest BCUT2D eigenvalue weighted by Gasteiger charge is 2.64. The average Bonchev–Trinajstić information content (AvgIpc) is 3.37. The Bertz CT molecular complexity index is 648. The van der Waals surface area contributed by atoms with Crippen LogP contribution >= 0.6 is 0 Å². The fourth-order valence-electron chi connectivity index (χ4n) is 4.74. The number of carbonyl (C=O) groups excluding carboxylic acids is 2. The maximum absolute atomic E-state index is 12.4. The van der Waals surface area contributed by atoms with Gasteiger partial charge in [-0.05, 0) is 82.5 Å². The fraction of sp³-hybridized carbons (Fsp3) is 0.923. The summed E-state index contributed by atoms with van der Waals surface area (Å²) in [4.78, 5) is 22.0. The minimum absolute atomic E-state index is 0.104. The van der Waals surface area contributed by atoms with E-state index in [1.54, 1.807) is 0 Å². The highest BCUT2D eigenvalue weighted by molar-refractivity contribution is 5.74. The lowest BCUT2D eigenvalue weighted by Gasteiger charge is -2.31. The number of esters is 2. The average molecular weight is 535 g/mol. The van der Waals surface area contributed by atoms with E-state index in [1.165, 1.54) is 46.1 Å². The van der Waals surface area contributed by atoms with Crippen LogP contribution in [0, 0.1) is 35.0 Å². The standard InChI is InChI=1S/C16H26O2.C5H6F6.C3H6O2.C2H6/c1-10-3-7-14(8-4-10)18-16(17)15-11(2)12-5-6-13(15)9-12;1-3(2,4(6,7)8)5(9,10)11;1-3(4)5-2;1-2/h10-15H,3-9H2,1-2H3;1-2H3;1-2H3;1-2H3. The molecule has 4 nitrogen and oxygen atoms in total. The summed E-state index contributed by atoms with van der Waals surface area (Å²) in [5.41, 5.74) is -3.62. The molecule has 0 aliphatic heterocycles. The van der Waals surface area contributed by atoms with Crippen LogP contribution in [0.25, 0.3) is 0 Å². The van der Waals surface area contributed by atoms with Crippen LogP contribution in [0.3, 0.4) is 0 Å². The van der Waals surface area contributed by atoms with Crippen molar-refractivity contribution in [3.63, 3.8) is 0 Å². The van der Waals surface area contributed by atoms with Gasteiger partial charge < -0.3 is 9.47 Å². The van der Waals surface area contributed by atoms with E-state index >= 15 is 0 Å². The highest BCUT2D eigenvalue weighted by Crippen LogP contribution is 2.52. The van der Waals surface area contributed by atoms with Gasteiger partial charge in [0.15, 0.2) is 5.41 Å². The molecule has 2 bridgehead atoms. The van der Waals surface area contributed by atoms with Crippen molar-refractivity contribution in [2.45, 2.75) is 112 Å². The Morgan fingerprint density at radius 1 is 0.778 bits per heavy atom. The lowest BCUT2D eigenvalue weighted by atomic mass is 9.80. The van der Waals surface area contributed by atoms with E-state index in [0.29, 0.717) is 11.8 Å². The highest BCUT2D eigenvalue weighted by atomic mass is 19.4. The monoisotopic (exact) mass is 534 g/mol. The first-order valence-corrected chi connectivity index (χ1v) is 12.8. The van der Waals surface area contributed by atoms with E-state index in [-0.39, 0.29) is 37.8 Å². The molecule has 3 fully saturated rings. The zero-order valence-electron chi connectivity index (χ0n) is 22.8. The zero-order valence-corrected chi connectivity index (χ0v) is 22.8. The lowest BCUT2D eigenvalue weighted by Crippen LogP contribution is -2.44. The number of ether oxygens (including phenoxy) is 2. The molecule has 3 aliphatic carbocycles. The molecule has 4 unspecified atom stereocenters. The number of hydrogen-bond acceptors (Lipinski definition) is 4. The van der Waals surface area contributed by atoms with Gasteiger partial charge in [-0.1, -0.05) is 27.7 Å². The Hall–Kier alpha value is -1.48. The number of hydrogen-bond donors (Lipinski definition) is 0. The molecule has 0 spiro atoms. The number of halogens is 6. The van der Waals surface area contributed by atoms with Crippen molar-refractivity contribution in [3.05, 3.63) is 0 Å². The van der Waals surface area contributed by atoms with Crippen molar-refractivity contribution in [2.24, 2.45) is 35.0 Å². The van der Waals surface area contributed by atoms with Crippen LogP contribution in [0.15, 0.2) is 0 Å². The minimum Gasteiger partial charge on any atom is -0.469 e. The molecular weight excluding hydrogens is 490 g/mol. The van der Waals surface area contributed by atoms with Crippen molar-refractivity contribution in [1.29, 1.82) is 0 Å². The molecule has 0 heterocycles. The topological polar surface area (TPSA) is 52.6 Å². The number of alkyl halides is 6. The number of carbonyl (C=O) groups is 2. The third kappa shape index (κ3) is 9.77. The molecule has 3 aliphatic rings. The molecule has 0 aromatic heterocycles. The van der Waals surface area contributed by atoms with E-state index in [9.17, 15) is 35.9 Å². The molecule has 3 saturated carbocycles. The predicted octanol–water partition coefficient (Wildman–Crippen LogP) is 8.13. The molecule has 0 radical (unpaired) electrons. The van der Waals surface area contributed by atoms with Crippen LogP contribution < -0.4 is 0 Å². The van der Waals surface area contributed by atoms with Crippen molar-refractivity contribution in [1.82, 2.24) is 0 Å². The van der Waals surface area contributed by atoms with Crippen molar-refractivity contribution < 1.29 is 45.4 Å². The van der Waals surface area contributed by atoms with Crippen molar-refractivity contribution in [2.75, 3.05) is 7.11 Å². The quantitative estimate of drug-likeness (QED) is 0.265. The van der Waals surface area contributed by atoms with Gasteiger partial charge in [-0.2, -0.15) is 26.3 Å². The Morgan fingerprint density at radius 3 is 1.50 bits per heavy atom. The summed E-state index contributed by atoms with van der Waals surface area (Å²) in [6.45, 7) is 10.1. The Morgan fingerprint density at radius 2 is 1.19 bits per heavy atom. The summed E-state index contributed by atoms with van der Waals surface area (Å²) in [6, 6.07) is 0. The Labute approximate surface area is 211 Å². The molecule has 4 atom stereocenters. The van der Waals surface area contributed by atoms with Crippen LogP contribution in [-0.4, -0.2) is 37.5 Å². The van der Waals surface area contributed by atoms with Gasteiger partial charge in [0, 0.05) is 6.92 Å². The summed E-state index contributed by atoms with van der Waals surface area (Å²) in [5.74, 6) is 2.95. The number of methoxy groups -OCH3 is 1. The van der Waals surface area contributed by atoms with Crippen molar-refractivity contribution in [3.8, 4) is 0 Å². The second-order valence-corrected chi connectivity index (χ2v) is 10.4.